The van der Waals surface area contributed by atoms with E-state index in [0.717, 1.165) is 70.3 Å². The van der Waals surface area contributed by atoms with E-state index >= 15 is 0 Å². The minimum atomic E-state index is -0.639. The van der Waals surface area contributed by atoms with Crippen molar-refractivity contribution in [3.63, 3.8) is 0 Å². The second-order valence-corrected chi connectivity index (χ2v) is 12.9. The standard InChI is InChI=1S/C35H44FN3O2/c1-2-39-31(17-24-7-4-3-5-8-24)22-34(37-39)26-13-15-38(16-14-26)23-29-19-28(33(35(40)41)18-25-11-12-25)21-32(29)27-9-6-10-30(36)20-27/h3-10,20,22,25-26,28-29,32-33H,2,11-19,21,23H2,1H3,(H,40,41)/t28?,29-,32-,33?/m1/s1. The topological polar surface area (TPSA) is 58.4 Å². The van der Waals surface area contributed by atoms with Crippen LogP contribution in [0.3, 0.4) is 0 Å². The molecule has 2 aliphatic carbocycles. The summed E-state index contributed by atoms with van der Waals surface area (Å²) >= 11 is 0. The van der Waals surface area contributed by atoms with E-state index in [2.05, 4.69) is 52.9 Å². The average Bonchev–Trinajstić information content (AvgIpc) is 3.57. The molecule has 1 N–H and O–H groups in total. The number of likely N-dealkylation sites (tertiary alicyclic amines) is 1. The van der Waals surface area contributed by atoms with Gasteiger partial charge in [-0.25, -0.2) is 4.39 Å². The molecule has 3 aromatic rings. The highest BCUT2D eigenvalue weighted by molar-refractivity contribution is 5.70. The van der Waals surface area contributed by atoms with Crippen LogP contribution in [0.1, 0.15) is 86.2 Å². The van der Waals surface area contributed by atoms with Crippen LogP contribution in [0.15, 0.2) is 60.7 Å². The van der Waals surface area contributed by atoms with Gasteiger partial charge in [0.05, 0.1) is 11.6 Å². The Bertz CT molecular complexity index is 1310. The molecule has 2 saturated carbocycles. The Morgan fingerprint density at radius 1 is 1.02 bits per heavy atom. The molecule has 6 heteroatoms. The van der Waals surface area contributed by atoms with Gasteiger partial charge in [-0.15, -0.1) is 0 Å². The van der Waals surface area contributed by atoms with Crippen LogP contribution in [0.2, 0.25) is 0 Å². The first-order chi connectivity index (χ1) is 20.0. The number of carboxylic acid groups (broad SMARTS) is 1. The summed E-state index contributed by atoms with van der Waals surface area (Å²) < 4.78 is 16.4. The zero-order valence-electron chi connectivity index (χ0n) is 24.3. The van der Waals surface area contributed by atoms with E-state index in [1.807, 2.05) is 6.07 Å². The van der Waals surface area contributed by atoms with E-state index < -0.39 is 5.97 Å². The Morgan fingerprint density at radius 2 is 1.80 bits per heavy atom. The lowest BCUT2D eigenvalue weighted by Gasteiger charge is -2.34. The first-order valence-electron chi connectivity index (χ1n) is 15.8. The number of benzene rings is 2. The van der Waals surface area contributed by atoms with Crippen molar-refractivity contribution < 1.29 is 14.3 Å². The van der Waals surface area contributed by atoms with Gasteiger partial charge >= 0.3 is 5.97 Å². The van der Waals surface area contributed by atoms with Crippen molar-refractivity contribution in [2.75, 3.05) is 19.6 Å². The van der Waals surface area contributed by atoms with E-state index in [-0.39, 0.29) is 23.6 Å². The summed E-state index contributed by atoms with van der Waals surface area (Å²) in [5.41, 5.74) is 4.86. The molecule has 5 nitrogen and oxygen atoms in total. The zero-order valence-corrected chi connectivity index (χ0v) is 24.3. The van der Waals surface area contributed by atoms with Gasteiger partial charge in [-0.3, -0.25) is 9.48 Å². The van der Waals surface area contributed by atoms with Crippen molar-refractivity contribution in [3.8, 4) is 0 Å². The summed E-state index contributed by atoms with van der Waals surface area (Å²) in [5, 5.41) is 15.1. The molecule has 6 rings (SSSR count). The summed E-state index contributed by atoms with van der Waals surface area (Å²) in [6, 6.07) is 20.0. The summed E-state index contributed by atoms with van der Waals surface area (Å²) in [7, 11) is 0. The molecule has 3 fully saturated rings. The number of piperidine rings is 1. The second kappa shape index (κ2) is 12.5. The first-order valence-corrected chi connectivity index (χ1v) is 15.8. The van der Waals surface area contributed by atoms with E-state index in [1.165, 1.54) is 35.9 Å². The fraction of sp³-hybridized carbons (Fsp3) is 0.543. The lowest BCUT2D eigenvalue weighted by Crippen LogP contribution is -2.37. The fourth-order valence-corrected chi connectivity index (χ4v) is 7.69. The van der Waals surface area contributed by atoms with Gasteiger partial charge in [0, 0.05) is 31.1 Å². The van der Waals surface area contributed by atoms with Crippen LogP contribution < -0.4 is 0 Å². The number of aliphatic carboxylic acids is 1. The average molecular weight is 558 g/mol. The molecule has 2 aromatic carbocycles. The smallest absolute Gasteiger partial charge is 0.306 e. The van der Waals surface area contributed by atoms with Crippen molar-refractivity contribution >= 4 is 5.97 Å². The van der Waals surface area contributed by atoms with E-state index in [4.69, 9.17) is 5.10 Å². The molecule has 218 valence electrons. The van der Waals surface area contributed by atoms with Gasteiger partial charge in [0.1, 0.15) is 5.82 Å². The largest absolute Gasteiger partial charge is 0.481 e. The molecule has 1 saturated heterocycles. The van der Waals surface area contributed by atoms with Crippen LogP contribution in [0.4, 0.5) is 4.39 Å². The molecule has 41 heavy (non-hydrogen) atoms. The van der Waals surface area contributed by atoms with Crippen LogP contribution >= 0.6 is 0 Å². The van der Waals surface area contributed by atoms with Crippen molar-refractivity contribution in [2.45, 2.75) is 76.7 Å². The Hall–Kier alpha value is -2.99. The summed E-state index contributed by atoms with van der Waals surface area (Å²) in [6.45, 7) is 6.06. The minimum absolute atomic E-state index is 0.171. The molecule has 0 radical (unpaired) electrons. The summed E-state index contributed by atoms with van der Waals surface area (Å²) in [5.74, 6) is 0.699. The molecule has 4 atom stereocenters. The molecule has 0 bridgehead atoms. The van der Waals surface area contributed by atoms with E-state index in [0.29, 0.717) is 17.8 Å². The molecule has 2 unspecified atom stereocenters. The molecular formula is C35H44FN3O2. The van der Waals surface area contributed by atoms with Gasteiger partial charge in [-0.1, -0.05) is 55.3 Å². The van der Waals surface area contributed by atoms with E-state index in [9.17, 15) is 14.3 Å². The van der Waals surface area contributed by atoms with Crippen LogP contribution in [-0.4, -0.2) is 45.4 Å². The summed E-state index contributed by atoms with van der Waals surface area (Å²) in [4.78, 5) is 14.9. The van der Waals surface area contributed by atoms with Gasteiger partial charge in [0.2, 0.25) is 0 Å². The minimum Gasteiger partial charge on any atom is -0.481 e. The van der Waals surface area contributed by atoms with Crippen LogP contribution in [0, 0.1) is 29.5 Å². The lowest BCUT2D eigenvalue weighted by atomic mass is 9.85. The number of nitrogens with zero attached hydrogens (tertiary/aromatic N) is 3. The number of carbonyl (C=O) groups is 1. The SMILES string of the molecule is CCn1nc(C2CCN(C[C@H]3CC(C(CC4CC4)C(=O)O)C[C@@H]3c3cccc(F)c3)CC2)cc1Cc1ccccc1. The van der Waals surface area contributed by atoms with Crippen molar-refractivity contribution in [1.29, 1.82) is 0 Å². The fourth-order valence-electron chi connectivity index (χ4n) is 7.69. The number of aromatic nitrogens is 2. The highest BCUT2D eigenvalue weighted by atomic mass is 19.1. The number of hydrogen-bond acceptors (Lipinski definition) is 3. The lowest BCUT2D eigenvalue weighted by molar-refractivity contribution is -0.144. The second-order valence-electron chi connectivity index (χ2n) is 12.9. The predicted molar refractivity (Wildman–Crippen MR) is 159 cm³/mol. The zero-order chi connectivity index (χ0) is 28.3. The van der Waals surface area contributed by atoms with E-state index in [1.54, 1.807) is 12.1 Å². The third-order valence-electron chi connectivity index (χ3n) is 10.1. The van der Waals surface area contributed by atoms with Gasteiger partial charge < -0.3 is 10.0 Å². The van der Waals surface area contributed by atoms with Gasteiger partial charge in [0.25, 0.3) is 0 Å². The Labute approximate surface area is 243 Å². The van der Waals surface area contributed by atoms with Crippen molar-refractivity contribution in [1.82, 2.24) is 14.7 Å². The monoisotopic (exact) mass is 557 g/mol. The molecule has 0 spiro atoms. The molecule has 3 aliphatic rings. The third kappa shape index (κ3) is 6.74. The van der Waals surface area contributed by atoms with Gasteiger partial charge in [-0.05, 0) is 105 Å². The molecule has 0 amide bonds. The highest BCUT2D eigenvalue weighted by Gasteiger charge is 2.43. The number of rotatable bonds is 11. The maximum atomic E-state index is 14.2. The number of carboxylic acids is 1. The van der Waals surface area contributed by atoms with Gasteiger partial charge in [0.15, 0.2) is 0 Å². The number of halogens is 1. The van der Waals surface area contributed by atoms with Crippen molar-refractivity contribution in [3.05, 3.63) is 89.0 Å². The Kier molecular flexibility index (Phi) is 8.57. The first kappa shape index (κ1) is 28.1. The molecular weight excluding hydrogens is 513 g/mol. The summed E-state index contributed by atoms with van der Waals surface area (Å²) in [6.07, 6.45) is 8.02. The van der Waals surface area contributed by atoms with Crippen molar-refractivity contribution in [2.24, 2.45) is 23.7 Å². The van der Waals surface area contributed by atoms with Gasteiger partial charge in [-0.2, -0.15) is 5.10 Å². The number of hydrogen-bond donors (Lipinski definition) is 1. The highest BCUT2D eigenvalue weighted by Crippen LogP contribution is 2.49. The predicted octanol–water partition coefficient (Wildman–Crippen LogP) is 7.12. The maximum absolute atomic E-state index is 14.2. The third-order valence-corrected chi connectivity index (χ3v) is 10.1. The van der Waals surface area contributed by atoms with Crippen LogP contribution in [-0.2, 0) is 17.8 Å². The number of aryl methyl sites for hydroxylation is 1. The van der Waals surface area contributed by atoms with Crippen LogP contribution in [0.25, 0.3) is 0 Å². The molecule has 2 heterocycles. The Balaban J connectivity index is 1.11. The normalized spacial score (nSPS) is 24.5. The molecule has 1 aromatic heterocycles. The maximum Gasteiger partial charge on any atom is 0.306 e. The molecule has 1 aliphatic heterocycles. The Morgan fingerprint density at radius 3 is 2.49 bits per heavy atom. The quantitative estimate of drug-likeness (QED) is 0.273. The van der Waals surface area contributed by atoms with Crippen LogP contribution in [0.5, 0.6) is 0 Å².